The molecule has 19 heavy (non-hydrogen) atoms. The average Bonchev–Trinajstić information content (AvgIpc) is 2.40. The monoisotopic (exact) mass is 279 g/mol. The standard InChI is InChI=1S/C14H14FNO2S/c15-12-8-6-11(7-9-12)14(16)10-19(17,18)13-4-2-1-3-5-13/h1-9,14H,10,16H2. The molecule has 0 spiro atoms. The van der Waals surface area contributed by atoms with E-state index in [1.807, 2.05) is 0 Å². The second kappa shape index (κ2) is 5.50. The Labute approximate surface area is 111 Å². The highest BCUT2D eigenvalue weighted by molar-refractivity contribution is 7.91. The SMILES string of the molecule is NC(CS(=O)(=O)c1ccccc1)c1ccc(F)cc1. The van der Waals surface area contributed by atoms with Gasteiger partial charge in [0.05, 0.1) is 10.6 Å². The Morgan fingerprint density at radius 1 is 1.00 bits per heavy atom. The minimum atomic E-state index is -3.44. The molecule has 2 aromatic rings. The lowest BCUT2D eigenvalue weighted by molar-refractivity contribution is 0.588. The molecule has 0 radical (unpaired) electrons. The third-order valence-electron chi connectivity index (χ3n) is 2.80. The maximum absolute atomic E-state index is 12.8. The quantitative estimate of drug-likeness (QED) is 0.934. The molecule has 0 heterocycles. The van der Waals surface area contributed by atoms with Crippen molar-refractivity contribution in [3.63, 3.8) is 0 Å². The van der Waals surface area contributed by atoms with Crippen LogP contribution in [0.3, 0.4) is 0 Å². The maximum atomic E-state index is 12.8. The third-order valence-corrected chi connectivity index (χ3v) is 4.59. The van der Waals surface area contributed by atoms with E-state index in [9.17, 15) is 12.8 Å². The van der Waals surface area contributed by atoms with E-state index in [-0.39, 0.29) is 16.5 Å². The lowest BCUT2D eigenvalue weighted by Gasteiger charge is -2.12. The second-order valence-corrected chi connectivity index (χ2v) is 6.29. The first-order valence-corrected chi connectivity index (χ1v) is 7.43. The molecule has 0 aliphatic rings. The van der Waals surface area contributed by atoms with Gasteiger partial charge in [0.1, 0.15) is 5.82 Å². The summed E-state index contributed by atoms with van der Waals surface area (Å²) in [5, 5.41) is 0. The number of nitrogens with two attached hydrogens (primary N) is 1. The second-order valence-electron chi connectivity index (χ2n) is 4.25. The molecule has 0 saturated heterocycles. The predicted octanol–water partition coefficient (Wildman–Crippen LogP) is 2.30. The van der Waals surface area contributed by atoms with Gasteiger partial charge in [-0.15, -0.1) is 0 Å². The zero-order chi connectivity index (χ0) is 13.9. The van der Waals surface area contributed by atoms with Gasteiger partial charge < -0.3 is 5.73 Å². The number of sulfone groups is 1. The molecule has 100 valence electrons. The molecular formula is C14H14FNO2S. The van der Waals surface area contributed by atoms with Crippen molar-refractivity contribution in [2.45, 2.75) is 10.9 Å². The molecule has 1 atom stereocenters. The van der Waals surface area contributed by atoms with Crippen molar-refractivity contribution in [3.05, 3.63) is 66.0 Å². The Bertz CT molecular complexity index is 639. The Morgan fingerprint density at radius 2 is 1.58 bits per heavy atom. The summed E-state index contributed by atoms with van der Waals surface area (Å²) in [7, 11) is -3.44. The summed E-state index contributed by atoms with van der Waals surface area (Å²) in [5.41, 5.74) is 6.46. The van der Waals surface area contributed by atoms with Crippen molar-refractivity contribution in [3.8, 4) is 0 Å². The predicted molar refractivity (Wildman–Crippen MR) is 71.8 cm³/mol. The first-order valence-electron chi connectivity index (χ1n) is 5.78. The lowest BCUT2D eigenvalue weighted by Crippen LogP contribution is -2.21. The van der Waals surface area contributed by atoms with Crippen LogP contribution in [0.4, 0.5) is 4.39 Å². The highest BCUT2D eigenvalue weighted by Gasteiger charge is 2.19. The van der Waals surface area contributed by atoms with Gasteiger partial charge in [0, 0.05) is 6.04 Å². The van der Waals surface area contributed by atoms with Crippen LogP contribution in [0.15, 0.2) is 59.5 Å². The fourth-order valence-corrected chi connectivity index (χ4v) is 3.20. The smallest absolute Gasteiger partial charge is 0.180 e. The molecule has 0 amide bonds. The van der Waals surface area contributed by atoms with Crippen LogP contribution in [0.25, 0.3) is 0 Å². The van der Waals surface area contributed by atoms with Gasteiger partial charge >= 0.3 is 0 Å². The number of benzene rings is 2. The van der Waals surface area contributed by atoms with Crippen molar-refractivity contribution in [1.82, 2.24) is 0 Å². The summed E-state index contributed by atoms with van der Waals surface area (Å²) in [6, 6.07) is 13.0. The van der Waals surface area contributed by atoms with E-state index in [0.29, 0.717) is 5.56 Å². The number of hydrogen-bond donors (Lipinski definition) is 1. The van der Waals surface area contributed by atoms with E-state index in [1.165, 1.54) is 36.4 Å². The summed E-state index contributed by atoms with van der Waals surface area (Å²) in [6.07, 6.45) is 0. The van der Waals surface area contributed by atoms with Gasteiger partial charge in [-0.1, -0.05) is 30.3 Å². The van der Waals surface area contributed by atoms with E-state index in [2.05, 4.69) is 0 Å². The van der Waals surface area contributed by atoms with Crippen molar-refractivity contribution >= 4 is 9.84 Å². The molecule has 3 nitrogen and oxygen atoms in total. The zero-order valence-electron chi connectivity index (χ0n) is 10.2. The number of hydrogen-bond acceptors (Lipinski definition) is 3. The summed E-state index contributed by atoms with van der Waals surface area (Å²) in [5.74, 6) is -0.579. The summed E-state index contributed by atoms with van der Waals surface area (Å²) < 4.78 is 37.1. The highest BCUT2D eigenvalue weighted by Crippen LogP contribution is 2.18. The minimum Gasteiger partial charge on any atom is -0.323 e. The van der Waals surface area contributed by atoms with Gasteiger partial charge in [0.25, 0.3) is 0 Å². The van der Waals surface area contributed by atoms with Crippen LogP contribution in [-0.2, 0) is 9.84 Å². The Balaban J connectivity index is 2.19. The zero-order valence-corrected chi connectivity index (χ0v) is 11.0. The largest absolute Gasteiger partial charge is 0.323 e. The molecule has 0 aliphatic heterocycles. The van der Waals surface area contributed by atoms with Gasteiger partial charge in [0.15, 0.2) is 9.84 Å². The molecule has 2 aromatic carbocycles. The first kappa shape index (κ1) is 13.7. The van der Waals surface area contributed by atoms with Gasteiger partial charge in [-0.25, -0.2) is 12.8 Å². The average molecular weight is 279 g/mol. The maximum Gasteiger partial charge on any atom is 0.180 e. The molecule has 0 aromatic heterocycles. The Hall–Kier alpha value is -1.72. The van der Waals surface area contributed by atoms with Gasteiger partial charge in [0.2, 0.25) is 0 Å². The third kappa shape index (κ3) is 3.39. The summed E-state index contributed by atoms with van der Waals surface area (Å²) in [4.78, 5) is 0.243. The van der Waals surface area contributed by atoms with E-state index in [1.54, 1.807) is 18.2 Å². The first-order chi connectivity index (χ1) is 8.99. The van der Waals surface area contributed by atoms with Gasteiger partial charge in [-0.05, 0) is 29.8 Å². The van der Waals surface area contributed by atoms with Crippen LogP contribution in [0.1, 0.15) is 11.6 Å². The highest BCUT2D eigenvalue weighted by atomic mass is 32.2. The van der Waals surface area contributed by atoms with E-state index in [0.717, 1.165) is 0 Å². The van der Waals surface area contributed by atoms with Crippen molar-refractivity contribution in [1.29, 1.82) is 0 Å². The van der Waals surface area contributed by atoms with Crippen LogP contribution in [0.2, 0.25) is 0 Å². The van der Waals surface area contributed by atoms with Crippen molar-refractivity contribution in [2.75, 3.05) is 5.75 Å². The van der Waals surface area contributed by atoms with E-state index < -0.39 is 15.9 Å². The molecule has 0 fully saturated rings. The van der Waals surface area contributed by atoms with Crippen LogP contribution in [0, 0.1) is 5.82 Å². The molecule has 2 rings (SSSR count). The van der Waals surface area contributed by atoms with Crippen LogP contribution < -0.4 is 5.73 Å². The van der Waals surface area contributed by atoms with Gasteiger partial charge in [-0.3, -0.25) is 0 Å². The van der Waals surface area contributed by atoms with Crippen LogP contribution >= 0.6 is 0 Å². The van der Waals surface area contributed by atoms with E-state index >= 15 is 0 Å². The Morgan fingerprint density at radius 3 is 2.16 bits per heavy atom. The Kier molecular flexibility index (Phi) is 3.97. The molecule has 0 bridgehead atoms. The molecule has 5 heteroatoms. The lowest BCUT2D eigenvalue weighted by atomic mass is 10.1. The fraction of sp³-hybridized carbons (Fsp3) is 0.143. The summed E-state index contributed by atoms with van der Waals surface area (Å²) in [6.45, 7) is 0. The molecule has 2 N–H and O–H groups in total. The minimum absolute atomic E-state index is 0.206. The molecular weight excluding hydrogens is 265 g/mol. The molecule has 1 unspecified atom stereocenters. The molecule has 0 aliphatic carbocycles. The van der Waals surface area contributed by atoms with Crippen LogP contribution in [-0.4, -0.2) is 14.2 Å². The normalized spacial score (nSPS) is 13.2. The summed E-state index contributed by atoms with van der Waals surface area (Å²) >= 11 is 0. The van der Waals surface area contributed by atoms with Crippen molar-refractivity contribution in [2.24, 2.45) is 5.73 Å². The molecule has 0 saturated carbocycles. The number of rotatable bonds is 4. The van der Waals surface area contributed by atoms with Gasteiger partial charge in [-0.2, -0.15) is 0 Å². The van der Waals surface area contributed by atoms with Crippen LogP contribution in [0.5, 0.6) is 0 Å². The van der Waals surface area contributed by atoms with E-state index in [4.69, 9.17) is 5.73 Å². The van der Waals surface area contributed by atoms with Crippen molar-refractivity contribution < 1.29 is 12.8 Å². The topological polar surface area (TPSA) is 60.2 Å². The fourth-order valence-electron chi connectivity index (χ4n) is 1.77. The number of halogens is 1.